The molecule has 2 aromatic carbocycles. The lowest BCUT2D eigenvalue weighted by molar-refractivity contribution is -0.627. The number of nitrogens with one attached hydrogen (secondary N) is 6. The Hall–Kier alpha value is -9.29. The van der Waals surface area contributed by atoms with E-state index in [9.17, 15) is 33.6 Å². The van der Waals surface area contributed by atoms with Crippen LogP contribution in [0.25, 0.3) is 33.5 Å². The van der Waals surface area contributed by atoms with Gasteiger partial charge >= 0.3 is 11.5 Å². The van der Waals surface area contributed by atoms with Crippen molar-refractivity contribution in [3.63, 3.8) is 0 Å². The van der Waals surface area contributed by atoms with Gasteiger partial charge in [0.25, 0.3) is 23.6 Å². The molecule has 9 aromatic rings. The zero-order chi connectivity index (χ0) is 54.7. The number of benzene rings is 2. The molecule has 0 unspecified atom stereocenters. The summed E-state index contributed by atoms with van der Waals surface area (Å²) in [5.74, 6) is 6.44. The van der Waals surface area contributed by atoms with Gasteiger partial charge in [0, 0.05) is 76.9 Å². The van der Waals surface area contributed by atoms with Gasteiger partial charge in [-0.3, -0.25) is 38.2 Å². The molecule has 406 valence electrons. The van der Waals surface area contributed by atoms with E-state index in [1.165, 1.54) is 30.3 Å². The molecule has 12 aliphatic carbocycles. The lowest BCUT2D eigenvalue weighted by Gasteiger charge is -3.11. The van der Waals surface area contributed by atoms with Crippen LogP contribution in [0.4, 0.5) is 0 Å². The monoisotopic (exact) mass is 1090 g/mol. The number of aryl methyl sites for hydroxylation is 2. The van der Waals surface area contributed by atoms with Gasteiger partial charge in [-0.05, 0) is 117 Å². The van der Waals surface area contributed by atoms with Crippen molar-refractivity contribution >= 4 is 63.0 Å². The maximum Gasteiger partial charge on any atom is 0.419 e. The number of aromatic nitrogens is 11. The second-order valence-corrected chi connectivity index (χ2v) is 24.4. The quantitative estimate of drug-likeness (QED) is 0.0889. The van der Waals surface area contributed by atoms with Gasteiger partial charge < -0.3 is 35.4 Å². The molecule has 21 rings (SSSR count). The first kappa shape index (κ1) is 45.6. The Labute approximate surface area is 454 Å². The van der Waals surface area contributed by atoms with Gasteiger partial charge in [0.15, 0.2) is 22.5 Å². The van der Waals surface area contributed by atoms with Crippen molar-refractivity contribution < 1.29 is 32.8 Å². The molecular weight excluding hydrogens is 1040 g/mol. The maximum atomic E-state index is 13.5. The second kappa shape index (κ2) is 14.5. The number of fused-ring (bicyclic) bond motifs is 4. The summed E-state index contributed by atoms with van der Waals surface area (Å²) >= 11 is 0. The molecule has 0 aliphatic heterocycles. The Bertz CT molecular complexity index is 4430. The van der Waals surface area contributed by atoms with Crippen LogP contribution in [-0.2, 0) is 37.4 Å². The third kappa shape index (κ3) is 4.91. The van der Waals surface area contributed by atoms with Crippen LogP contribution in [0.5, 0.6) is 0 Å². The van der Waals surface area contributed by atoms with E-state index < -0.39 is 23.3 Å². The van der Waals surface area contributed by atoms with Gasteiger partial charge in [-0.1, -0.05) is 12.1 Å². The Morgan fingerprint density at radius 3 is 1.47 bits per heavy atom. The number of hydrogen-bond acceptors (Lipinski definition) is 15. The Balaban J connectivity index is 0.000000125. The number of rotatable bonds is 14. The molecular formula is C56H48N16O9. The highest BCUT2D eigenvalue weighted by Gasteiger charge is 3.11. The van der Waals surface area contributed by atoms with Gasteiger partial charge in [-0.2, -0.15) is 15.3 Å². The van der Waals surface area contributed by atoms with Crippen LogP contribution in [0, 0.1) is 81.8 Å². The minimum absolute atomic E-state index is 0.0600. The molecule has 81 heavy (non-hydrogen) atoms. The van der Waals surface area contributed by atoms with Crippen molar-refractivity contribution in [3.8, 4) is 0 Å². The summed E-state index contributed by atoms with van der Waals surface area (Å²) in [6.07, 6.45) is 4.72. The molecule has 0 bridgehead atoms. The van der Waals surface area contributed by atoms with E-state index in [0.29, 0.717) is 118 Å². The number of nitrogens with zero attached hydrogens (tertiary/aromatic N) is 10. The van der Waals surface area contributed by atoms with Crippen molar-refractivity contribution in [1.82, 2.24) is 80.1 Å². The zero-order valence-corrected chi connectivity index (χ0v) is 43.4. The molecule has 7 aromatic heterocycles. The number of H-pyrrole nitrogens is 1. The molecule has 12 aliphatic rings. The predicted octanol–water partition coefficient (Wildman–Crippen LogP) is 1.10. The number of hydrogen-bond donors (Lipinski definition) is 6. The standard InChI is InChI=1S/C28H23N9O4.C28H25N7O5/c1-36-13-6-11(2-3-15(13)41-26(36)40)8-29-23(38)12-7-14(37-16(34-12)4-5-33-37)24(39)30-9-27-17-20-18(27)22-19(27)21(17)28(20,22)25-31-10-32-35-25;1-11(36)33-28-21-18-22(28)20-23(28)19(21)27(18,20)10-30-25(38)15-8-13(32-17-5-6-31-35(15)17)24(37)29-9-12-3-4-16-14(7-12)34(2)26(39)40-16/h2-7,10,17-22H,8-9H2,1H3,(H,29,38)(H,30,39)(H,31,32,35);3-8,18-23H,9-10H2,1-2H3,(H,29,37)(H,30,38)(H,33,36). The number of aromatic amines is 1. The summed E-state index contributed by atoms with van der Waals surface area (Å²) in [7, 11) is 3.25. The van der Waals surface area contributed by atoms with Crippen LogP contribution < -0.4 is 38.1 Å². The van der Waals surface area contributed by atoms with Crippen LogP contribution in [0.15, 0.2) is 97.8 Å². The summed E-state index contributed by atoms with van der Waals surface area (Å²) in [6.45, 7) is 3.28. The average Bonchev–Trinajstić information content (AvgIpc) is 0.763. The minimum atomic E-state index is -0.450. The molecule has 0 spiro atoms. The third-order valence-corrected chi connectivity index (χ3v) is 22.3. The molecule has 12 fully saturated rings. The molecule has 25 nitrogen and oxygen atoms in total. The molecule has 0 saturated heterocycles. The Kier molecular flexibility index (Phi) is 8.18. The fourth-order valence-corrected chi connectivity index (χ4v) is 19.8. The van der Waals surface area contributed by atoms with Crippen LogP contribution in [0.2, 0.25) is 0 Å². The van der Waals surface area contributed by atoms with Crippen molar-refractivity contribution in [2.75, 3.05) is 13.1 Å². The number of carbonyl (C=O) groups excluding carboxylic acids is 5. The first-order chi connectivity index (χ1) is 39.2. The van der Waals surface area contributed by atoms with Crippen LogP contribution in [0.1, 0.15) is 65.8 Å². The highest BCUT2D eigenvalue weighted by molar-refractivity contribution is 5.99. The van der Waals surface area contributed by atoms with Gasteiger partial charge in [-0.25, -0.2) is 33.6 Å². The van der Waals surface area contributed by atoms with Gasteiger partial charge in [0.2, 0.25) is 5.91 Å². The maximum absolute atomic E-state index is 13.5. The van der Waals surface area contributed by atoms with E-state index >= 15 is 0 Å². The lowest BCUT2D eigenvalue weighted by Crippen LogP contribution is -3.15. The van der Waals surface area contributed by atoms with Gasteiger partial charge in [-0.15, -0.1) is 0 Å². The fraction of sp³-hybridized carbons (Fsp3) is 0.411. The Morgan fingerprint density at radius 2 is 1.04 bits per heavy atom. The highest BCUT2D eigenvalue weighted by Crippen LogP contribution is 3.09. The summed E-state index contributed by atoms with van der Waals surface area (Å²) < 4.78 is 16.1. The SMILES string of the molecule is CC(=O)NC12C3C4C1C1C2C3C41CNC(=O)c1cc(C(=O)NCc2ccc3oc(=O)n(C)c3c2)nc2ccnn12.Cn1c(=O)oc2ccc(CNC(=O)c3cc(C(=O)NCC45C6C7C4C4C5C6C74c4ncn[nH]4)n4nccc4n3)cc21. The van der Waals surface area contributed by atoms with E-state index in [2.05, 4.69) is 61.9 Å². The van der Waals surface area contributed by atoms with Crippen LogP contribution in [-0.4, -0.2) is 102 Å². The molecule has 7 heterocycles. The summed E-state index contributed by atoms with van der Waals surface area (Å²) in [4.78, 5) is 102. The predicted molar refractivity (Wildman–Crippen MR) is 277 cm³/mol. The van der Waals surface area contributed by atoms with Crippen molar-refractivity contribution in [3.05, 3.63) is 140 Å². The molecule has 6 N–H and O–H groups in total. The normalized spacial score (nSPS) is 34.4. The third-order valence-electron chi connectivity index (χ3n) is 22.3. The summed E-state index contributed by atoms with van der Waals surface area (Å²) in [5.41, 5.74) is 6.15. The first-order valence-corrected chi connectivity index (χ1v) is 27.4. The van der Waals surface area contributed by atoms with Crippen LogP contribution in [0.3, 0.4) is 0 Å². The van der Waals surface area contributed by atoms with Crippen molar-refractivity contribution in [1.29, 1.82) is 0 Å². The van der Waals surface area contributed by atoms with Crippen LogP contribution >= 0.6 is 0 Å². The molecule has 12 saturated carbocycles. The summed E-state index contributed by atoms with van der Waals surface area (Å²) in [5, 5.41) is 31.0. The second-order valence-electron chi connectivity index (χ2n) is 24.4. The number of carbonyl (C=O) groups is 5. The largest absolute Gasteiger partial charge is 0.419 e. The average molecular weight is 1090 g/mol. The smallest absolute Gasteiger partial charge is 0.408 e. The van der Waals surface area contributed by atoms with E-state index in [1.54, 1.807) is 88.3 Å². The first-order valence-electron chi connectivity index (χ1n) is 27.4. The molecule has 0 atom stereocenters. The summed E-state index contributed by atoms with van der Waals surface area (Å²) in [6, 6.07) is 16.8. The number of amides is 5. The molecule has 5 amide bonds. The topological polar surface area (TPSA) is 318 Å². The molecule has 0 radical (unpaired) electrons. The Morgan fingerprint density at radius 1 is 0.580 bits per heavy atom. The van der Waals surface area contributed by atoms with Crippen molar-refractivity contribution in [2.24, 2.45) is 95.9 Å². The van der Waals surface area contributed by atoms with E-state index in [4.69, 9.17) is 8.83 Å². The van der Waals surface area contributed by atoms with E-state index in [0.717, 1.165) is 17.0 Å². The van der Waals surface area contributed by atoms with E-state index in [1.807, 2.05) is 0 Å². The fourth-order valence-electron chi connectivity index (χ4n) is 19.8. The van der Waals surface area contributed by atoms with Gasteiger partial charge in [0.05, 0.1) is 29.0 Å². The minimum Gasteiger partial charge on any atom is -0.408 e. The highest BCUT2D eigenvalue weighted by atomic mass is 16.4. The van der Waals surface area contributed by atoms with Gasteiger partial charge in [0.1, 0.15) is 34.9 Å². The number of oxazole rings is 2. The lowest BCUT2D eigenvalue weighted by atomic mass is 8.92. The molecule has 25 heteroatoms. The zero-order valence-electron chi connectivity index (χ0n) is 43.4. The van der Waals surface area contributed by atoms with E-state index in [-0.39, 0.29) is 75.4 Å². The van der Waals surface area contributed by atoms with Crippen molar-refractivity contribution in [2.45, 2.75) is 31.0 Å².